The van der Waals surface area contributed by atoms with E-state index in [4.69, 9.17) is 0 Å². The Morgan fingerprint density at radius 3 is 2.35 bits per heavy atom. The quantitative estimate of drug-likeness (QED) is 0.878. The molecule has 1 aliphatic heterocycles. The lowest BCUT2D eigenvalue weighted by Gasteiger charge is -2.12. The van der Waals surface area contributed by atoms with Gasteiger partial charge in [-0.25, -0.2) is 0 Å². The van der Waals surface area contributed by atoms with Crippen molar-refractivity contribution in [2.24, 2.45) is 5.10 Å². The summed E-state index contributed by atoms with van der Waals surface area (Å²) in [6, 6.07) is 14.6. The Morgan fingerprint density at radius 2 is 1.74 bits per heavy atom. The molecular formula is C19H18N2O2. The molecule has 0 fully saturated rings. The number of rotatable bonds is 3. The number of carbonyl (C=O) groups is 1. The van der Waals surface area contributed by atoms with Gasteiger partial charge in [-0.3, -0.25) is 4.79 Å². The molecule has 0 saturated carbocycles. The summed E-state index contributed by atoms with van der Waals surface area (Å²) < 4.78 is 0. The Hall–Kier alpha value is -2.88. The molecule has 1 N–H and O–H groups in total. The molecule has 116 valence electrons. The molecule has 0 atom stereocenters. The van der Waals surface area contributed by atoms with Gasteiger partial charge in [0, 0.05) is 0 Å². The Kier molecular flexibility index (Phi) is 3.98. The number of aromatic hydroxyl groups is 1. The summed E-state index contributed by atoms with van der Waals surface area (Å²) >= 11 is 0. The topological polar surface area (TPSA) is 52.9 Å². The molecular weight excluding hydrogens is 288 g/mol. The maximum atomic E-state index is 12.6. The van der Waals surface area contributed by atoms with Crippen molar-refractivity contribution in [3.05, 3.63) is 65.2 Å². The molecule has 23 heavy (non-hydrogen) atoms. The van der Waals surface area contributed by atoms with E-state index >= 15 is 0 Å². The van der Waals surface area contributed by atoms with Crippen LogP contribution >= 0.6 is 0 Å². The van der Waals surface area contributed by atoms with Gasteiger partial charge in [0.15, 0.2) is 0 Å². The number of hydrogen-bond acceptors (Lipinski definition) is 3. The number of amides is 1. The zero-order valence-corrected chi connectivity index (χ0v) is 13.2. The van der Waals surface area contributed by atoms with Crippen LogP contribution in [0.2, 0.25) is 0 Å². The van der Waals surface area contributed by atoms with Crippen LogP contribution in [0.15, 0.2) is 59.2 Å². The van der Waals surface area contributed by atoms with Gasteiger partial charge in [0.1, 0.15) is 5.75 Å². The van der Waals surface area contributed by atoms with Gasteiger partial charge in [0.25, 0.3) is 5.91 Å². The second-order valence-electron chi connectivity index (χ2n) is 5.47. The summed E-state index contributed by atoms with van der Waals surface area (Å²) in [5.41, 5.74) is 4.09. The van der Waals surface area contributed by atoms with Crippen molar-refractivity contribution in [1.29, 1.82) is 0 Å². The zero-order valence-electron chi connectivity index (χ0n) is 13.2. The van der Waals surface area contributed by atoms with Crippen LogP contribution in [0, 0.1) is 0 Å². The number of nitrogens with zero attached hydrogens (tertiary/aromatic N) is 2. The fraction of sp³-hybridized carbons (Fsp3) is 0.158. The molecule has 0 aromatic heterocycles. The van der Waals surface area contributed by atoms with E-state index in [0.29, 0.717) is 11.3 Å². The van der Waals surface area contributed by atoms with E-state index in [2.05, 4.69) is 12.0 Å². The van der Waals surface area contributed by atoms with Crippen molar-refractivity contribution in [3.8, 4) is 5.75 Å². The summed E-state index contributed by atoms with van der Waals surface area (Å²) in [6.07, 6.45) is 2.75. The number of phenols is 1. The molecule has 1 aliphatic rings. The molecule has 1 heterocycles. The van der Waals surface area contributed by atoms with Gasteiger partial charge >= 0.3 is 0 Å². The molecule has 0 aliphatic carbocycles. The van der Waals surface area contributed by atoms with E-state index in [1.165, 1.54) is 10.6 Å². The predicted octanol–water partition coefficient (Wildman–Crippen LogP) is 3.76. The van der Waals surface area contributed by atoms with Crippen molar-refractivity contribution >= 4 is 23.4 Å². The molecule has 0 saturated heterocycles. The highest BCUT2D eigenvalue weighted by Crippen LogP contribution is 2.25. The van der Waals surface area contributed by atoms with Gasteiger partial charge in [-0.15, -0.1) is 0 Å². The Morgan fingerprint density at radius 1 is 1.09 bits per heavy atom. The van der Waals surface area contributed by atoms with Crippen LogP contribution < -0.4 is 5.01 Å². The fourth-order valence-corrected chi connectivity index (χ4v) is 2.47. The first kappa shape index (κ1) is 15.0. The van der Waals surface area contributed by atoms with E-state index in [1.807, 2.05) is 31.2 Å². The SMILES string of the molecule is CCc1ccc(N2N=C(C)/C(=C\c3ccc(O)cc3)C2=O)cc1. The lowest BCUT2D eigenvalue weighted by atomic mass is 10.1. The average Bonchev–Trinajstić information content (AvgIpc) is 2.85. The fourth-order valence-electron chi connectivity index (χ4n) is 2.47. The Labute approximate surface area is 135 Å². The summed E-state index contributed by atoms with van der Waals surface area (Å²) in [6.45, 7) is 3.92. The molecule has 0 radical (unpaired) electrons. The molecule has 3 rings (SSSR count). The van der Waals surface area contributed by atoms with Gasteiger partial charge in [-0.05, 0) is 54.8 Å². The summed E-state index contributed by atoms with van der Waals surface area (Å²) in [5.74, 6) is 0.0627. The Balaban J connectivity index is 1.89. The van der Waals surface area contributed by atoms with Crippen molar-refractivity contribution < 1.29 is 9.90 Å². The van der Waals surface area contributed by atoms with Crippen molar-refractivity contribution in [1.82, 2.24) is 0 Å². The Bertz CT molecular complexity index is 787. The van der Waals surface area contributed by atoms with Crippen LogP contribution in [-0.2, 0) is 11.2 Å². The smallest absolute Gasteiger partial charge is 0.280 e. The van der Waals surface area contributed by atoms with Gasteiger partial charge in [-0.2, -0.15) is 10.1 Å². The third-order valence-electron chi connectivity index (χ3n) is 3.86. The highest BCUT2D eigenvalue weighted by Gasteiger charge is 2.28. The molecule has 0 bridgehead atoms. The summed E-state index contributed by atoms with van der Waals surface area (Å²) in [5, 5.41) is 15.1. The zero-order chi connectivity index (χ0) is 16.4. The third kappa shape index (κ3) is 3.01. The van der Waals surface area contributed by atoms with Gasteiger partial charge in [-0.1, -0.05) is 31.2 Å². The first-order chi connectivity index (χ1) is 11.1. The predicted molar refractivity (Wildman–Crippen MR) is 92.5 cm³/mol. The number of phenolic OH excluding ortho intramolecular Hbond substituents is 1. The van der Waals surface area contributed by atoms with E-state index < -0.39 is 0 Å². The van der Waals surface area contributed by atoms with Crippen molar-refractivity contribution in [2.75, 3.05) is 5.01 Å². The van der Waals surface area contributed by atoms with Crippen LogP contribution in [0.5, 0.6) is 5.75 Å². The van der Waals surface area contributed by atoms with E-state index in [-0.39, 0.29) is 11.7 Å². The molecule has 2 aromatic rings. The van der Waals surface area contributed by atoms with E-state index in [1.54, 1.807) is 30.3 Å². The van der Waals surface area contributed by atoms with Crippen molar-refractivity contribution in [3.63, 3.8) is 0 Å². The number of carbonyl (C=O) groups excluding carboxylic acids is 1. The first-order valence-corrected chi connectivity index (χ1v) is 7.58. The minimum Gasteiger partial charge on any atom is -0.508 e. The molecule has 1 amide bonds. The van der Waals surface area contributed by atoms with Crippen molar-refractivity contribution in [2.45, 2.75) is 20.3 Å². The lowest BCUT2D eigenvalue weighted by Crippen LogP contribution is -2.21. The van der Waals surface area contributed by atoms with Crippen LogP contribution in [0.3, 0.4) is 0 Å². The first-order valence-electron chi connectivity index (χ1n) is 7.58. The van der Waals surface area contributed by atoms with E-state index in [9.17, 15) is 9.90 Å². The molecule has 0 spiro atoms. The lowest BCUT2D eigenvalue weighted by molar-refractivity contribution is -0.114. The maximum Gasteiger partial charge on any atom is 0.280 e. The van der Waals surface area contributed by atoms with Crippen LogP contribution in [0.1, 0.15) is 25.0 Å². The third-order valence-corrected chi connectivity index (χ3v) is 3.86. The van der Waals surface area contributed by atoms with Crippen LogP contribution in [0.4, 0.5) is 5.69 Å². The summed E-state index contributed by atoms with van der Waals surface area (Å²) in [7, 11) is 0. The summed E-state index contributed by atoms with van der Waals surface area (Å²) in [4.78, 5) is 12.6. The minimum atomic E-state index is -0.139. The second-order valence-corrected chi connectivity index (χ2v) is 5.47. The number of hydrazone groups is 1. The highest BCUT2D eigenvalue weighted by atomic mass is 16.3. The van der Waals surface area contributed by atoms with Gasteiger partial charge in [0.2, 0.25) is 0 Å². The van der Waals surface area contributed by atoms with Gasteiger partial charge < -0.3 is 5.11 Å². The number of aryl methyl sites for hydroxylation is 1. The van der Waals surface area contributed by atoms with E-state index in [0.717, 1.165) is 17.7 Å². The normalized spacial score (nSPS) is 16.1. The van der Waals surface area contributed by atoms with Crippen LogP contribution in [-0.4, -0.2) is 16.7 Å². The molecule has 2 aromatic carbocycles. The van der Waals surface area contributed by atoms with Gasteiger partial charge in [0.05, 0.1) is 17.0 Å². The number of benzene rings is 2. The molecule has 4 heteroatoms. The standard InChI is InChI=1S/C19H18N2O2/c1-3-14-4-8-16(9-5-14)21-19(23)18(13(2)20-21)12-15-6-10-17(22)11-7-15/h4-12,22H,3H2,1-2H3/b18-12+. The number of hydrogen-bond donors (Lipinski definition) is 1. The second kappa shape index (κ2) is 6.08. The van der Waals surface area contributed by atoms with Crippen LogP contribution in [0.25, 0.3) is 6.08 Å². The minimum absolute atomic E-state index is 0.139. The average molecular weight is 306 g/mol. The molecule has 4 nitrogen and oxygen atoms in total. The molecule has 0 unspecified atom stereocenters. The largest absolute Gasteiger partial charge is 0.508 e. The maximum absolute atomic E-state index is 12.6. The monoisotopic (exact) mass is 306 g/mol. The highest BCUT2D eigenvalue weighted by molar-refractivity contribution is 6.32. The number of anilines is 1.